The predicted molar refractivity (Wildman–Crippen MR) is 44.7 cm³/mol. The Balaban J connectivity index is 1.98. The first-order valence-corrected chi connectivity index (χ1v) is 4.84. The van der Waals surface area contributed by atoms with Crippen molar-refractivity contribution in [1.82, 2.24) is 4.90 Å². The number of aliphatic hydroxyl groups excluding tert-OH is 1. The van der Waals surface area contributed by atoms with Crippen LogP contribution in [-0.4, -0.2) is 42.2 Å². The van der Waals surface area contributed by atoms with Gasteiger partial charge < -0.3 is 10.0 Å². The van der Waals surface area contributed by atoms with Crippen LogP contribution in [0.4, 0.5) is 8.78 Å². The Morgan fingerprint density at radius 2 is 2.15 bits per heavy atom. The molecule has 2 atom stereocenters. The number of hydrogen-bond donors (Lipinski definition) is 1. The van der Waals surface area contributed by atoms with E-state index in [1.807, 2.05) is 4.90 Å². The molecule has 1 aliphatic heterocycles. The Bertz CT molecular complexity index is 198. The molecule has 2 nitrogen and oxygen atoms in total. The molecular formula is C9H15F2NO. The van der Waals surface area contributed by atoms with Gasteiger partial charge >= 0.3 is 0 Å². The van der Waals surface area contributed by atoms with Gasteiger partial charge in [0.05, 0.1) is 6.61 Å². The van der Waals surface area contributed by atoms with Crippen molar-refractivity contribution in [2.75, 3.05) is 26.2 Å². The first-order valence-electron chi connectivity index (χ1n) is 4.84. The Morgan fingerprint density at radius 1 is 1.38 bits per heavy atom. The average Bonchev–Trinajstić information content (AvgIpc) is 2.55. The van der Waals surface area contributed by atoms with Crippen molar-refractivity contribution in [3.63, 3.8) is 0 Å². The van der Waals surface area contributed by atoms with Gasteiger partial charge in [0.2, 0.25) is 0 Å². The highest BCUT2D eigenvalue weighted by molar-refractivity contribution is 4.97. The Kier molecular flexibility index (Phi) is 2.28. The third kappa shape index (κ3) is 1.57. The Morgan fingerprint density at radius 3 is 2.77 bits per heavy atom. The zero-order chi connectivity index (χ0) is 9.47. The lowest BCUT2D eigenvalue weighted by molar-refractivity contribution is -0.0401. The van der Waals surface area contributed by atoms with Gasteiger partial charge in [-0.25, -0.2) is 8.78 Å². The highest BCUT2D eigenvalue weighted by Gasteiger charge is 2.53. The fourth-order valence-electron chi connectivity index (χ4n) is 2.62. The minimum absolute atomic E-state index is 0.0648. The SMILES string of the molecule is OCCN1C[C@@H]2CCC(F)(F)[C@@H]2C1. The number of fused-ring (bicyclic) bond motifs is 1. The third-order valence-electron chi connectivity index (χ3n) is 3.32. The van der Waals surface area contributed by atoms with Crippen LogP contribution in [0.5, 0.6) is 0 Å². The number of alkyl halides is 2. The standard InChI is InChI=1S/C9H15F2NO/c10-9(11)2-1-7-5-12(3-4-13)6-8(7)9/h7-8,13H,1-6H2/t7-,8+/m0/s1. The minimum atomic E-state index is -2.45. The van der Waals surface area contributed by atoms with E-state index in [0.717, 1.165) is 6.54 Å². The second-order valence-corrected chi connectivity index (χ2v) is 4.15. The maximum atomic E-state index is 13.2. The molecule has 0 amide bonds. The molecule has 1 saturated heterocycles. The van der Waals surface area contributed by atoms with Gasteiger partial charge in [-0.1, -0.05) is 0 Å². The summed E-state index contributed by atoms with van der Waals surface area (Å²) >= 11 is 0. The van der Waals surface area contributed by atoms with Crippen molar-refractivity contribution in [2.45, 2.75) is 18.8 Å². The molecule has 0 radical (unpaired) electrons. The van der Waals surface area contributed by atoms with Gasteiger partial charge in [0.25, 0.3) is 5.92 Å². The van der Waals surface area contributed by atoms with Crippen molar-refractivity contribution in [1.29, 1.82) is 0 Å². The molecule has 13 heavy (non-hydrogen) atoms. The summed E-state index contributed by atoms with van der Waals surface area (Å²) in [4.78, 5) is 1.95. The van der Waals surface area contributed by atoms with Crippen LogP contribution in [0, 0.1) is 11.8 Å². The molecule has 0 unspecified atom stereocenters. The molecule has 0 aromatic carbocycles. The molecule has 2 rings (SSSR count). The summed E-state index contributed by atoms with van der Waals surface area (Å²) in [5, 5.41) is 8.69. The molecule has 1 N–H and O–H groups in total. The van der Waals surface area contributed by atoms with Crippen molar-refractivity contribution < 1.29 is 13.9 Å². The summed E-state index contributed by atoms with van der Waals surface area (Å²) in [5.74, 6) is -2.73. The van der Waals surface area contributed by atoms with Gasteiger partial charge in [-0.05, 0) is 12.3 Å². The summed E-state index contributed by atoms with van der Waals surface area (Å²) in [6.45, 7) is 1.84. The van der Waals surface area contributed by atoms with E-state index in [4.69, 9.17) is 5.11 Å². The monoisotopic (exact) mass is 191 g/mol. The van der Waals surface area contributed by atoms with E-state index in [1.165, 1.54) is 0 Å². The fourth-order valence-corrected chi connectivity index (χ4v) is 2.62. The van der Waals surface area contributed by atoms with E-state index < -0.39 is 11.8 Å². The number of hydrogen-bond acceptors (Lipinski definition) is 2. The molecular weight excluding hydrogens is 176 g/mol. The van der Waals surface area contributed by atoms with Crippen LogP contribution in [0.1, 0.15) is 12.8 Å². The Hall–Kier alpha value is -0.220. The van der Waals surface area contributed by atoms with Crippen LogP contribution in [0.25, 0.3) is 0 Å². The lowest BCUT2D eigenvalue weighted by Gasteiger charge is -2.19. The van der Waals surface area contributed by atoms with Gasteiger partial charge in [0.1, 0.15) is 0 Å². The lowest BCUT2D eigenvalue weighted by atomic mass is 9.99. The van der Waals surface area contributed by atoms with Crippen LogP contribution < -0.4 is 0 Å². The molecule has 2 aliphatic rings. The van der Waals surface area contributed by atoms with Gasteiger partial charge in [-0.15, -0.1) is 0 Å². The van der Waals surface area contributed by atoms with Crippen LogP contribution in [-0.2, 0) is 0 Å². The first kappa shape index (κ1) is 9.34. The van der Waals surface area contributed by atoms with Gasteiger partial charge in [-0.2, -0.15) is 0 Å². The molecule has 0 bridgehead atoms. The van der Waals surface area contributed by atoms with Crippen LogP contribution in [0.3, 0.4) is 0 Å². The first-order chi connectivity index (χ1) is 6.13. The van der Waals surface area contributed by atoms with Gasteiger partial charge in [0, 0.05) is 32.0 Å². The van der Waals surface area contributed by atoms with Gasteiger partial charge in [0.15, 0.2) is 0 Å². The number of rotatable bonds is 2. The summed E-state index contributed by atoms with van der Waals surface area (Å²) in [6, 6.07) is 0. The van der Waals surface area contributed by atoms with Gasteiger partial charge in [-0.3, -0.25) is 0 Å². The molecule has 0 aromatic heterocycles. The summed E-state index contributed by atoms with van der Waals surface area (Å²) < 4.78 is 26.4. The maximum absolute atomic E-state index is 13.2. The van der Waals surface area contributed by atoms with E-state index in [9.17, 15) is 8.78 Å². The number of aliphatic hydroxyl groups is 1. The lowest BCUT2D eigenvalue weighted by Crippen LogP contribution is -2.30. The maximum Gasteiger partial charge on any atom is 0.252 e. The number of halogens is 2. The summed E-state index contributed by atoms with van der Waals surface area (Å²) in [6.07, 6.45) is 0.717. The predicted octanol–water partition coefficient (Wildman–Crippen LogP) is 0.956. The number of nitrogens with zero attached hydrogens (tertiary/aromatic N) is 1. The van der Waals surface area contributed by atoms with Crippen LogP contribution >= 0.6 is 0 Å². The van der Waals surface area contributed by atoms with E-state index in [2.05, 4.69) is 0 Å². The summed E-state index contributed by atoms with van der Waals surface area (Å²) in [5.41, 5.74) is 0. The topological polar surface area (TPSA) is 23.5 Å². The average molecular weight is 191 g/mol. The number of likely N-dealkylation sites (tertiary alicyclic amines) is 1. The highest BCUT2D eigenvalue weighted by atomic mass is 19.3. The van der Waals surface area contributed by atoms with Crippen molar-refractivity contribution in [3.8, 4) is 0 Å². The smallest absolute Gasteiger partial charge is 0.252 e. The molecule has 0 aromatic rings. The zero-order valence-electron chi connectivity index (χ0n) is 7.55. The van der Waals surface area contributed by atoms with Crippen LogP contribution in [0.2, 0.25) is 0 Å². The second-order valence-electron chi connectivity index (χ2n) is 4.15. The fraction of sp³-hybridized carbons (Fsp3) is 1.00. The second kappa shape index (κ2) is 3.17. The third-order valence-corrected chi connectivity index (χ3v) is 3.32. The van der Waals surface area contributed by atoms with E-state index >= 15 is 0 Å². The van der Waals surface area contributed by atoms with Crippen LogP contribution in [0.15, 0.2) is 0 Å². The van der Waals surface area contributed by atoms with Crippen molar-refractivity contribution in [2.24, 2.45) is 11.8 Å². The molecule has 4 heteroatoms. The molecule has 76 valence electrons. The molecule has 1 aliphatic carbocycles. The molecule has 0 spiro atoms. The molecule has 1 saturated carbocycles. The van der Waals surface area contributed by atoms with Crippen molar-refractivity contribution >= 4 is 0 Å². The summed E-state index contributed by atoms with van der Waals surface area (Å²) in [7, 11) is 0. The normalized spacial score (nSPS) is 38.1. The zero-order valence-corrected chi connectivity index (χ0v) is 7.55. The molecule has 2 fully saturated rings. The highest BCUT2D eigenvalue weighted by Crippen LogP contribution is 2.47. The quantitative estimate of drug-likeness (QED) is 0.702. The number of β-amino-alcohol motifs (C(OH)–C–C–N with tert-alkyl or cyclic N) is 1. The molecule has 1 heterocycles. The Labute approximate surface area is 76.5 Å². The van der Waals surface area contributed by atoms with E-state index in [1.54, 1.807) is 0 Å². The van der Waals surface area contributed by atoms with E-state index in [0.29, 0.717) is 19.5 Å². The minimum Gasteiger partial charge on any atom is -0.395 e. The van der Waals surface area contributed by atoms with Crippen molar-refractivity contribution in [3.05, 3.63) is 0 Å². The van der Waals surface area contributed by atoms with E-state index in [-0.39, 0.29) is 18.9 Å². The largest absolute Gasteiger partial charge is 0.395 e.